The molecular formula is C18H26N2O. The van der Waals surface area contributed by atoms with E-state index in [1.54, 1.807) is 0 Å². The number of rotatable bonds is 4. The van der Waals surface area contributed by atoms with E-state index in [9.17, 15) is 4.79 Å². The molecule has 1 aliphatic heterocycles. The topological polar surface area (TPSA) is 32.3 Å². The Balaban J connectivity index is 1.56. The van der Waals surface area contributed by atoms with Crippen LogP contribution in [0.2, 0.25) is 0 Å². The molecule has 0 atom stereocenters. The summed E-state index contributed by atoms with van der Waals surface area (Å²) in [5, 5.41) is 3.65. The highest BCUT2D eigenvalue weighted by Gasteiger charge is 2.22. The molecule has 1 aromatic rings. The third-order valence-electron chi connectivity index (χ3n) is 5.05. The summed E-state index contributed by atoms with van der Waals surface area (Å²) in [4.78, 5) is 13.6. The molecule has 3 heteroatoms. The summed E-state index contributed by atoms with van der Waals surface area (Å²) in [5.41, 5.74) is 2.23. The second-order valence-corrected chi connectivity index (χ2v) is 6.47. The second kappa shape index (κ2) is 6.50. The molecule has 0 bridgehead atoms. The van der Waals surface area contributed by atoms with E-state index in [1.165, 1.54) is 37.8 Å². The normalized spacial score (nSPS) is 26.1. The van der Waals surface area contributed by atoms with Crippen molar-refractivity contribution in [3.8, 4) is 0 Å². The van der Waals surface area contributed by atoms with E-state index in [4.69, 9.17) is 0 Å². The van der Waals surface area contributed by atoms with Gasteiger partial charge in [-0.25, -0.2) is 0 Å². The number of nitrogens with one attached hydrogen (secondary N) is 1. The van der Waals surface area contributed by atoms with Crippen molar-refractivity contribution in [2.24, 2.45) is 5.92 Å². The van der Waals surface area contributed by atoms with Crippen LogP contribution >= 0.6 is 0 Å². The van der Waals surface area contributed by atoms with Gasteiger partial charge in [-0.3, -0.25) is 4.79 Å². The van der Waals surface area contributed by atoms with Crippen molar-refractivity contribution in [3.63, 3.8) is 0 Å². The van der Waals surface area contributed by atoms with Crippen LogP contribution in [-0.2, 0) is 4.79 Å². The van der Waals surface area contributed by atoms with Gasteiger partial charge >= 0.3 is 0 Å². The van der Waals surface area contributed by atoms with Gasteiger partial charge in [-0.05, 0) is 62.3 Å². The Labute approximate surface area is 127 Å². The van der Waals surface area contributed by atoms with E-state index in [1.807, 2.05) is 4.90 Å². The molecule has 3 nitrogen and oxygen atoms in total. The SMILES string of the molecule is CCC1CCC(Nc2ccc(N3CCCC3=O)cc2)CC1. The molecule has 1 saturated heterocycles. The lowest BCUT2D eigenvalue weighted by Gasteiger charge is -2.29. The number of nitrogens with zero attached hydrogens (tertiary/aromatic N) is 1. The average Bonchev–Trinajstić information content (AvgIpc) is 2.95. The monoisotopic (exact) mass is 286 g/mol. The van der Waals surface area contributed by atoms with Crippen LogP contribution in [0.5, 0.6) is 0 Å². The minimum atomic E-state index is 0.258. The summed E-state index contributed by atoms with van der Waals surface area (Å²) in [5.74, 6) is 1.19. The number of hydrogen-bond acceptors (Lipinski definition) is 2. The van der Waals surface area contributed by atoms with Gasteiger partial charge in [0.15, 0.2) is 0 Å². The quantitative estimate of drug-likeness (QED) is 0.900. The Morgan fingerprint density at radius 1 is 1.14 bits per heavy atom. The maximum Gasteiger partial charge on any atom is 0.227 e. The first kappa shape index (κ1) is 14.4. The zero-order valence-corrected chi connectivity index (χ0v) is 13.0. The van der Waals surface area contributed by atoms with Gasteiger partial charge in [0, 0.05) is 30.4 Å². The van der Waals surface area contributed by atoms with E-state index in [-0.39, 0.29) is 5.91 Å². The van der Waals surface area contributed by atoms with Crippen molar-refractivity contribution in [1.29, 1.82) is 0 Å². The molecule has 2 aliphatic rings. The predicted molar refractivity (Wildman–Crippen MR) is 87.7 cm³/mol. The molecule has 2 fully saturated rings. The van der Waals surface area contributed by atoms with Crippen LogP contribution < -0.4 is 10.2 Å². The van der Waals surface area contributed by atoms with Crippen LogP contribution in [0.1, 0.15) is 51.9 Å². The van der Waals surface area contributed by atoms with Gasteiger partial charge in [-0.1, -0.05) is 13.3 Å². The molecular weight excluding hydrogens is 260 g/mol. The first-order valence-electron chi connectivity index (χ1n) is 8.43. The van der Waals surface area contributed by atoms with E-state index >= 15 is 0 Å². The van der Waals surface area contributed by atoms with E-state index in [0.717, 1.165) is 24.6 Å². The second-order valence-electron chi connectivity index (χ2n) is 6.47. The minimum Gasteiger partial charge on any atom is -0.382 e. The van der Waals surface area contributed by atoms with Gasteiger partial charge in [0.05, 0.1) is 0 Å². The van der Waals surface area contributed by atoms with Crippen molar-refractivity contribution in [2.75, 3.05) is 16.8 Å². The Kier molecular flexibility index (Phi) is 4.47. The smallest absolute Gasteiger partial charge is 0.227 e. The molecule has 0 unspecified atom stereocenters. The highest BCUT2D eigenvalue weighted by Crippen LogP contribution is 2.29. The summed E-state index contributed by atoms with van der Waals surface area (Å²) < 4.78 is 0. The van der Waals surface area contributed by atoms with E-state index in [2.05, 4.69) is 36.5 Å². The summed E-state index contributed by atoms with van der Waals surface area (Å²) in [6, 6.07) is 9.00. The number of hydrogen-bond donors (Lipinski definition) is 1. The van der Waals surface area contributed by atoms with E-state index in [0.29, 0.717) is 12.5 Å². The predicted octanol–water partition coefficient (Wildman–Crippen LogP) is 4.19. The van der Waals surface area contributed by atoms with Gasteiger partial charge in [0.1, 0.15) is 0 Å². The average molecular weight is 286 g/mol. The Bertz CT molecular complexity index is 474. The molecule has 1 amide bonds. The summed E-state index contributed by atoms with van der Waals surface area (Å²) in [6.07, 6.45) is 8.28. The molecule has 1 N–H and O–H groups in total. The lowest BCUT2D eigenvalue weighted by atomic mass is 9.84. The fourth-order valence-corrected chi connectivity index (χ4v) is 3.61. The third kappa shape index (κ3) is 3.39. The summed E-state index contributed by atoms with van der Waals surface area (Å²) in [7, 11) is 0. The van der Waals surface area contributed by atoms with Crippen molar-refractivity contribution in [3.05, 3.63) is 24.3 Å². The summed E-state index contributed by atoms with van der Waals surface area (Å²) in [6.45, 7) is 3.17. The molecule has 1 saturated carbocycles. The lowest BCUT2D eigenvalue weighted by Crippen LogP contribution is -2.26. The van der Waals surface area contributed by atoms with Gasteiger partial charge in [0.25, 0.3) is 0 Å². The fraction of sp³-hybridized carbons (Fsp3) is 0.611. The number of carbonyl (C=O) groups is 1. The maximum atomic E-state index is 11.7. The largest absolute Gasteiger partial charge is 0.382 e. The van der Waals surface area contributed by atoms with Gasteiger partial charge < -0.3 is 10.2 Å². The van der Waals surface area contributed by atoms with Crippen LogP contribution in [0, 0.1) is 5.92 Å². The summed E-state index contributed by atoms with van der Waals surface area (Å²) >= 11 is 0. The third-order valence-corrected chi connectivity index (χ3v) is 5.05. The van der Waals surface area contributed by atoms with Gasteiger partial charge in [-0.2, -0.15) is 0 Å². The van der Waals surface area contributed by atoms with Crippen LogP contribution in [0.4, 0.5) is 11.4 Å². The molecule has 1 aliphatic carbocycles. The molecule has 0 spiro atoms. The number of amides is 1. The number of carbonyl (C=O) groups excluding carboxylic acids is 1. The molecule has 0 radical (unpaired) electrons. The van der Waals surface area contributed by atoms with Crippen molar-refractivity contribution >= 4 is 17.3 Å². The van der Waals surface area contributed by atoms with Crippen molar-refractivity contribution in [2.45, 2.75) is 57.9 Å². The lowest BCUT2D eigenvalue weighted by molar-refractivity contribution is -0.117. The Hall–Kier alpha value is -1.51. The van der Waals surface area contributed by atoms with Crippen LogP contribution in [0.3, 0.4) is 0 Å². The minimum absolute atomic E-state index is 0.258. The molecule has 114 valence electrons. The Morgan fingerprint density at radius 3 is 2.43 bits per heavy atom. The van der Waals surface area contributed by atoms with Crippen molar-refractivity contribution in [1.82, 2.24) is 0 Å². The molecule has 1 aromatic carbocycles. The molecule has 0 aromatic heterocycles. The molecule has 21 heavy (non-hydrogen) atoms. The van der Waals surface area contributed by atoms with Crippen LogP contribution in [0.25, 0.3) is 0 Å². The maximum absolute atomic E-state index is 11.7. The zero-order valence-electron chi connectivity index (χ0n) is 13.0. The zero-order chi connectivity index (χ0) is 14.7. The van der Waals surface area contributed by atoms with Crippen LogP contribution in [0.15, 0.2) is 24.3 Å². The highest BCUT2D eigenvalue weighted by molar-refractivity contribution is 5.95. The van der Waals surface area contributed by atoms with E-state index < -0.39 is 0 Å². The van der Waals surface area contributed by atoms with Gasteiger partial charge in [-0.15, -0.1) is 0 Å². The first-order chi connectivity index (χ1) is 10.3. The number of benzene rings is 1. The first-order valence-corrected chi connectivity index (χ1v) is 8.43. The molecule has 3 rings (SSSR count). The molecule has 1 heterocycles. The van der Waals surface area contributed by atoms with Gasteiger partial charge in [0.2, 0.25) is 5.91 Å². The highest BCUT2D eigenvalue weighted by atomic mass is 16.2. The fourth-order valence-electron chi connectivity index (χ4n) is 3.61. The number of anilines is 2. The Morgan fingerprint density at radius 2 is 1.86 bits per heavy atom. The standard InChI is InChI=1S/C18H26N2O/c1-2-14-5-7-15(8-6-14)19-16-9-11-17(12-10-16)20-13-3-4-18(20)21/h9-12,14-15,19H,2-8,13H2,1H3. The van der Waals surface area contributed by atoms with Crippen LogP contribution in [-0.4, -0.2) is 18.5 Å². The van der Waals surface area contributed by atoms with Crippen molar-refractivity contribution < 1.29 is 4.79 Å².